The molecule has 3 aromatic heterocycles. The summed E-state index contributed by atoms with van der Waals surface area (Å²) < 4.78 is 4.78. The first-order valence-corrected chi connectivity index (χ1v) is 18.2. The van der Waals surface area contributed by atoms with E-state index in [1.165, 1.54) is 32.6 Å². The zero-order chi connectivity index (χ0) is 35.6. The number of nitrogens with zero attached hydrogens (tertiary/aromatic N) is 5. The highest BCUT2D eigenvalue weighted by molar-refractivity contribution is 6.24. The Morgan fingerprint density at radius 3 is 1.37 bits per heavy atom. The molecule has 5 nitrogen and oxygen atoms in total. The third-order valence-electron chi connectivity index (χ3n) is 10.5. The Hall–Kier alpha value is -7.37. The lowest BCUT2D eigenvalue weighted by Gasteiger charge is -2.13. The van der Waals surface area contributed by atoms with E-state index in [-0.39, 0.29) is 0 Å². The van der Waals surface area contributed by atoms with Crippen LogP contribution in [0, 0.1) is 0 Å². The number of hydrogen-bond donors (Lipinski definition) is 0. The van der Waals surface area contributed by atoms with E-state index < -0.39 is 0 Å². The van der Waals surface area contributed by atoms with Crippen molar-refractivity contribution < 1.29 is 0 Å². The molecule has 54 heavy (non-hydrogen) atoms. The number of aromatic nitrogens is 5. The maximum absolute atomic E-state index is 5.18. The minimum absolute atomic E-state index is 0.636. The first kappa shape index (κ1) is 30.3. The predicted molar refractivity (Wildman–Crippen MR) is 222 cm³/mol. The van der Waals surface area contributed by atoms with E-state index in [9.17, 15) is 0 Å². The van der Waals surface area contributed by atoms with Crippen LogP contribution in [-0.2, 0) is 0 Å². The minimum atomic E-state index is 0.636. The molecular weight excluding hydrogens is 659 g/mol. The monoisotopic (exact) mass is 689 g/mol. The Morgan fingerprint density at radius 1 is 0.296 bits per heavy atom. The average molecular weight is 690 g/mol. The summed E-state index contributed by atoms with van der Waals surface area (Å²) in [6.07, 6.45) is 0. The molecule has 8 aromatic carbocycles. The van der Waals surface area contributed by atoms with Gasteiger partial charge in [-0.2, -0.15) is 0 Å². The molecule has 0 aliphatic rings. The summed E-state index contributed by atoms with van der Waals surface area (Å²) in [5.41, 5.74) is 9.66. The van der Waals surface area contributed by atoms with Crippen molar-refractivity contribution in [3.05, 3.63) is 188 Å². The van der Waals surface area contributed by atoms with Crippen LogP contribution in [0.2, 0.25) is 0 Å². The molecule has 0 atom stereocenters. The van der Waals surface area contributed by atoms with Crippen LogP contribution in [0.5, 0.6) is 0 Å². The third kappa shape index (κ3) is 4.69. The SMILES string of the molecule is c1ccc(-c2nc(-c3ccccc3)nc(-c3cc4c(c5ccccc35)c3cc(-n5c6ccccc6c6ccccc65)ccc3n4-c3ccccc3)n2)cc1. The van der Waals surface area contributed by atoms with Gasteiger partial charge in [-0.15, -0.1) is 0 Å². The fourth-order valence-corrected chi connectivity index (χ4v) is 8.18. The number of benzene rings is 8. The second-order valence-electron chi connectivity index (χ2n) is 13.6. The molecule has 11 aromatic rings. The van der Waals surface area contributed by atoms with Gasteiger partial charge in [0.2, 0.25) is 0 Å². The van der Waals surface area contributed by atoms with Crippen LogP contribution in [0.25, 0.3) is 99.9 Å². The van der Waals surface area contributed by atoms with Crippen molar-refractivity contribution in [2.75, 3.05) is 0 Å². The van der Waals surface area contributed by atoms with Crippen LogP contribution in [0.3, 0.4) is 0 Å². The highest BCUT2D eigenvalue weighted by Crippen LogP contribution is 2.43. The molecular formula is C49H31N5. The zero-order valence-corrected chi connectivity index (χ0v) is 29.1. The average Bonchev–Trinajstić information content (AvgIpc) is 3.77. The molecule has 5 heteroatoms. The van der Waals surface area contributed by atoms with Crippen LogP contribution in [0.15, 0.2) is 188 Å². The first-order chi connectivity index (χ1) is 26.8. The van der Waals surface area contributed by atoms with Crippen molar-refractivity contribution in [2.45, 2.75) is 0 Å². The fourth-order valence-electron chi connectivity index (χ4n) is 8.18. The number of hydrogen-bond acceptors (Lipinski definition) is 3. The third-order valence-corrected chi connectivity index (χ3v) is 10.5. The van der Waals surface area contributed by atoms with Gasteiger partial charge in [-0.3, -0.25) is 0 Å². The Balaban J connectivity index is 1.24. The van der Waals surface area contributed by atoms with Crippen LogP contribution < -0.4 is 0 Å². The van der Waals surface area contributed by atoms with Crippen molar-refractivity contribution >= 4 is 54.4 Å². The Bertz CT molecular complexity index is 3090. The lowest BCUT2D eigenvalue weighted by Crippen LogP contribution is -2.01. The van der Waals surface area contributed by atoms with Gasteiger partial charge in [0.15, 0.2) is 17.5 Å². The van der Waals surface area contributed by atoms with Crippen molar-refractivity contribution in [2.24, 2.45) is 0 Å². The molecule has 0 saturated heterocycles. The van der Waals surface area contributed by atoms with Gasteiger partial charge in [-0.05, 0) is 59.3 Å². The summed E-state index contributed by atoms with van der Waals surface area (Å²) in [7, 11) is 0. The Morgan fingerprint density at radius 2 is 0.759 bits per heavy atom. The Labute approximate surface area is 311 Å². The molecule has 0 N–H and O–H groups in total. The van der Waals surface area contributed by atoms with E-state index in [2.05, 4.69) is 161 Å². The molecule has 0 amide bonds. The fraction of sp³-hybridized carbons (Fsp3) is 0. The van der Waals surface area contributed by atoms with Gasteiger partial charge in [-0.1, -0.05) is 140 Å². The normalized spacial score (nSPS) is 11.7. The van der Waals surface area contributed by atoms with E-state index >= 15 is 0 Å². The van der Waals surface area contributed by atoms with Gasteiger partial charge in [0.05, 0.1) is 22.1 Å². The highest BCUT2D eigenvalue weighted by atomic mass is 15.0. The molecule has 0 saturated carbocycles. The Kier molecular flexibility index (Phi) is 6.79. The summed E-state index contributed by atoms with van der Waals surface area (Å²) in [6, 6.07) is 66.2. The van der Waals surface area contributed by atoms with Gasteiger partial charge in [-0.25, -0.2) is 15.0 Å². The van der Waals surface area contributed by atoms with Gasteiger partial charge < -0.3 is 9.13 Å². The molecule has 0 unspecified atom stereocenters. The lowest BCUT2D eigenvalue weighted by atomic mass is 9.98. The summed E-state index contributed by atoms with van der Waals surface area (Å²) in [5.74, 6) is 1.92. The molecule has 3 heterocycles. The number of para-hydroxylation sites is 3. The van der Waals surface area contributed by atoms with E-state index in [1.54, 1.807) is 0 Å². The van der Waals surface area contributed by atoms with Gasteiger partial charge in [0.1, 0.15) is 0 Å². The van der Waals surface area contributed by atoms with Crippen molar-refractivity contribution in [1.29, 1.82) is 0 Å². The molecule has 0 aliphatic carbocycles. The second-order valence-corrected chi connectivity index (χ2v) is 13.6. The standard InChI is InChI=1S/C49H31N5/c1-4-16-32(17-5-1)47-50-48(33-18-6-2-7-19-33)52-49(51-47)40-31-45-46(39-25-11-10-22-36(39)40)41-30-35(28-29-44(41)53(45)34-20-8-3-9-21-34)54-42-26-14-12-23-37(42)38-24-13-15-27-43(38)54/h1-31H. The van der Waals surface area contributed by atoms with Crippen LogP contribution >= 0.6 is 0 Å². The smallest absolute Gasteiger partial charge is 0.164 e. The molecule has 252 valence electrons. The zero-order valence-electron chi connectivity index (χ0n) is 29.1. The lowest BCUT2D eigenvalue weighted by molar-refractivity contribution is 1.08. The summed E-state index contributed by atoms with van der Waals surface area (Å²) >= 11 is 0. The van der Waals surface area contributed by atoms with E-state index in [1.807, 2.05) is 36.4 Å². The predicted octanol–water partition coefficient (Wildman–Crippen LogP) is 12.2. The van der Waals surface area contributed by atoms with Gasteiger partial charge in [0, 0.05) is 49.6 Å². The summed E-state index contributed by atoms with van der Waals surface area (Å²) in [4.78, 5) is 15.4. The van der Waals surface area contributed by atoms with Crippen molar-refractivity contribution in [3.8, 4) is 45.5 Å². The quantitative estimate of drug-likeness (QED) is 0.181. The molecule has 0 radical (unpaired) electrons. The molecule has 0 spiro atoms. The molecule has 0 aliphatic heterocycles. The van der Waals surface area contributed by atoms with Crippen molar-refractivity contribution in [1.82, 2.24) is 24.1 Å². The highest BCUT2D eigenvalue weighted by Gasteiger charge is 2.22. The topological polar surface area (TPSA) is 48.5 Å². The van der Waals surface area contributed by atoms with E-state index in [4.69, 9.17) is 15.0 Å². The maximum Gasteiger partial charge on any atom is 0.164 e. The number of rotatable bonds is 5. The summed E-state index contributed by atoms with van der Waals surface area (Å²) in [6.45, 7) is 0. The van der Waals surface area contributed by atoms with Gasteiger partial charge in [0.25, 0.3) is 0 Å². The molecule has 0 fully saturated rings. The van der Waals surface area contributed by atoms with E-state index in [0.29, 0.717) is 17.5 Å². The first-order valence-electron chi connectivity index (χ1n) is 18.2. The van der Waals surface area contributed by atoms with Crippen LogP contribution in [0.1, 0.15) is 0 Å². The van der Waals surface area contributed by atoms with Crippen LogP contribution in [-0.4, -0.2) is 24.1 Å². The van der Waals surface area contributed by atoms with Crippen LogP contribution in [0.4, 0.5) is 0 Å². The minimum Gasteiger partial charge on any atom is -0.309 e. The summed E-state index contributed by atoms with van der Waals surface area (Å²) in [5, 5.41) is 7.10. The largest absolute Gasteiger partial charge is 0.309 e. The maximum atomic E-state index is 5.18. The second kappa shape index (κ2) is 12.1. The van der Waals surface area contributed by atoms with Gasteiger partial charge >= 0.3 is 0 Å². The van der Waals surface area contributed by atoms with E-state index in [0.717, 1.165) is 49.9 Å². The molecule has 0 bridgehead atoms. The number of fused-ring (bicyclic) bond motifs is 8. The molecule has 11 rings (SSSR count). The van der Waals surface area contributed by atoms with Crippen molar-refractivity contribution in [3.63, 3.8) is 0 Å².